The number of pyridine rings is 1. The van der Waals surface area contributed by atoms with Crippen molar-refractivity contribution in [2.24, 2.45) is 5.10 Å². The molecule has 0 unspecified atom stereocenters. The van der Waals surface area contributed by atoms with Crippen LogP contribution >= 0.6 is 0 Å². The lowest BCUT2D eigenvalue weighted by atomic mass is 10.1. The van der Waals surface area contributed by atoms with Gasteiger partial charge in [-0.25, -0.2) is 5.43 Å². The average molecular weight is 366 g/mol. The van der Waals surface area contributed by atoms with E-state index in [-0.39, 0.29) is 5.69 Å². The highest BCUT2D eigenvalue weighted by Gasteiger charge is 2.19. The van der Waals surface area contributed by atoms with Crippen molar-refractivity contribution >= 4 is 17.8 Å². The van der Waals surface area contributed by atoms with Crippen LogP contribution in [-0.4, -0.2) is 29.1 Å². The summed E-state index contributed by atoms with van der Waals surface area (Å²) in [6.45, 7) is 0. The lowest BCUT2D eigenvalue weighted by molar-refractivity contribution is -0.384. The highest BCUT2D eigenvalue weighted by molar-refractivity contribution is 5.94. The number of nitro benzene ring substituents is 1. The van der Waals surface area contributed by atoms with E-state index in [4.69, 9.17) is 9.15 Å². The molecule has 0 atom stereocenters. The zero-order valence-corrected chi connectivity index (χ0v) is 14.2. The Balaban J connectivity index is 1.75. The van der Waals surface area contributed by atoms with E-state index in [2.05, 4.69) is 15.5 Å². The van der Waals surface area contributed by atoms with E-state index in [0.717, 1.165) is 0 Å². The molecule has 0 aliphatic heterocycles. The lowest BCUT2D eigenvalue weighted by Crippen LogP contribution is -2.17. The SMILES string of the molecule is COc1ccc(-c2ccc(C=NNC(=O)c3ccncc3)o2)c([N+](=O)[O-])c1. The summed E-state index contributed by atoms with van der Waals surface area (Å²) in [5.41, 5.74) is 2.94. The number of rotatable bonds is 6. The Morgan fingerprint density at radius 1 is 1.26 bits per heavy atom. The molecule has 1 amide bonds. The van der Waals surface area contributed by atoms with Gasteiger partial charge in [0.1, 0.15) is 17.3 Å². The third-order valence-electron chi connectivity index (χ3n) is 3.59. The highest BCUT2D eigenvalue weighted by Crippen LogP contribution is 2.33. The van der Waals surface area contributed by atoms with Crippen LogP contribution in [0.3, 0.4) is 0 Å². The fourth-order valence-electron chi connectivity index (χ4n) is 2.29. The van der Waals surface area contributed by atoms with E-state index < -0.39 is 10.8 Å². The van der Waals surface area contributed by atoms with Gasteiger partial charge in [-0.05, 0) is 36.4 Å². The average Bonchev–Trinajstić information content (AvgIpc) is 3.16. The van der Waals surface area contributed by atoms with E-state index >= 15 is 0 Å². The van der Waals surface area contributed by atoms with Crippen LogP contribution in [0.1, 0.15) is 16.1 Å². The molecule has 2 heterocycles. The van der Waals surface area contributed by atoms with Gasteiger partial charge < -0.3 is 9.15 Å². The second-order valence-electron chi connectivity index (χ2n) is 5.28. The van der Waals surface area contributed by atoms with Crippen LogP contribution in [0.4, 0.5) is 5.69 Å². The van der Waals surface area contributed by atoms with Gasteiger partial charge in [-0.1, -0.05) is 0 Å². The molecule has 0 saturated heterocycles. The number of aromatic nitrogens is 1. The summed E-state index contributed by atoms with van der Waals surface area (Å²) in [6, 6.07) is 10.7. The minimum Gasteiger partial charge on any atom is -0.497 e. The van der Waals surface area contributed by atoms with Gasteiger partial charge in [0, 0.05) is 18.0 Å². The van der Waals surface area contributed by atoms with Crippen LogP contribution < -0.4 is 10.2 Å². The van der Waals surface area contributed by atoms with Gasteiger partial charge in [0.05, 0.1) is 29.9 Å². The quantitative estimate of drug-likeness (QED) is 0.407. The maximum atomic E-state index is 11.9. The van der Waals surface area contributed by atoms with E-state index in [1.54, 1.807) is 36.4 Å². The number of benzene rings is 1. The Hall–Kier alpha value is -4.01. The Morgan fingerprint density at radius 3 is 2.74 bits per heavy atom. The molecule has 1 aromatic carbocycles. The minimum absolute atomic E-state index is 0.141. The van der Waals surface area contributed by atoms with Crippen molar-refractivity contribution in [1.82, 2.24) is 10.4 Å². The minimum atomic E-state index is -0.511. The number of methoxy groups -OCH3 is 1. The molecular formula is C18H14N4O5. The van der Waals surface area contributed by atoms with Gasteiger partial charge in [0.25, 0.3) is 11.6 Å². The Labute approximate surface area is 153 Å². The fraction of sp³-hybridized carbons (Fsp3) is 0.0556. The van der Waals surface area contributed by atoms with Crippen LogP contribution in [0.2, 0.25) is 0 Å². The van der Waals surface area contributed by atoms with Crippen molar-refractivity contribution in [3.63, 3.8) is 0 Å². The van der Waals surface area contributed by atoms with Crippen molar-refractivity contribution in [2.75, 3.05) is 7.11 Å². The third-order valence-corrected chi connectivity index (χ3v) is 3.59. The molecular weight excluding hydrogens is 352 g/mol. The number of carbonyl (C=O) groups is 1. The maximum absolute atomic E-state index is 11.9. The summed E-state index contributed by atoms with van der Waals surface area (Å²) in [5.74, 6) is 0.597. The van der Waals surface area contributed by atoms with Gasteiger partial charge >= 0.3 is 0 Å². The number of furan rings is 1. The first-order valence-electron chi connectivity index (χ1n) is 7.74. The summed E-state index contributed by atoms with van der Waals surface area (Å²) in [7, 11) is 1.43. The standard InChI is InChI=1S/C18H14N4O5/c1-26-13-2-4-15(16(10-13)22(24)25)17-5-3-14(27-17)11-20-21-18(23)12-6-8-19-9-7-12/h2-11H,1H3,(H,21,23). The number of hydrazone groups is 1. The number of carbonyl (C=O) groups excluding carboxylic acids is 1. The molecule has 0 aliphatic rings. The second-order valence-corrected chi connectivity index (χ2v) is 5.28. The largest absolute Gasteiger partial charge is 0.497 e. The molecule has 3 rings (SSSR count). The molecule has 0 fully saturated rings. The Kier molecular flexibility index (Phi) is 5.22. The van der Waals surface area contributed by atoms with Crippen LogP contribution in [0.15, 0.2) is 64.4 Å². The summed E-state index contributed by atoms with van der Waals surface area (Å²) in [4.78, 5) is 26.5. The van der Waals surface area contributed by atoms with Gasteiger partial charge in [-0.3, -0.25) is 19.9 Å². The van der Waals surface area contributed by atoms with Crippen molar-refractivity contribution in [3.8, 4) is 17.1 Å². The molecule has 27 heavy (non-hydrogen) atoms. The summed E-state index contributed by atoms with van der Waals surface area (Å²) in [5, 5.41) is 15.1. The number of amides is 1. The predicted octanol–water partition coefficient (Wildman–Crippen LogP) is 3.02. The molecule has 1 N–H and O–H groups in total. The van der Waals surface area contributed by atoms with Gasteiger partial charge in [-0.2, -0.15) is 5.10 Å². The maximum Gasteiger partial charge on any atom is 0.284 e. The molecule has 0 aliphatic carbocycles. The second kappa shape index (κ2) is 7.91. The van der Waals surface area contributed by atoms with E-state index in [9.17, 15) is 14.9 Å². The number of nitro groups is 1. The van der Waals surface area contributed by atoms with E-state index in [1.165, 1.54) is 31.8 Å². The molecule has 0 bridgehead atoms. The number of nitrogens with one attached hydrogen (secondary N) is 1. The molecule has 0 radical (unpaired) electrons. The summed E-state index contributed by atoms with van der Waals surface area (Å²) in [6.07, 6.45) is 4.30. The van der Waals surface area contributed by atoms with Crippen molar-refractivity contribution in [1.29, 1.82) is 0 Å². The number of hydrogen-bond acceptors (Lipinski definition) is 7. The molecule has 9 nitrogen and oxygen atoms in total. The molecule has 3 aromatic rings. The van der Waals surface area contributed by atoms with Crippen molar-refractivity contribution < 1.29 is 18.9 Å². The van der Waals surface area contributed by atoms with E-state index in [0.29, 0.717) is 28.4 Å². The van der Waals surface area contributed by atoms with E-state index in [1.807, 2.05) is 0 Å². The number of nitrogens with zero attached hydrogens (tertiary/aromatic N) is 3. The predicted molar refractivity (Wildman–Crippen MR) is 96.6 cm³/mol. The summed E-state index contributed by atoms with van der Waals surface area (Å²) >= 11 is 0. The molecule has 136 valence electrons. The summed E-state index contributed by atoms with van der Waals surface area (Å²) < 4.78 is 10.6. The number of hydrogen-bond donors (Lipinski definition) is 1. The first kappa shape index (κ1) is 17.8. The monoisotopic (exact) mass is 366 g/mol. The Morgan fingerprint density at radius 2 is 2.04 bits per heavy atom. The van der Waals surface area contributed by atoms with Gasteiger partial charge in [0.2, 0.25) is 0 Å². The lowest BCUT2D eigenvalue weighted by Gasteiger charge is -2.03. The van der Waals surface area contributed by atoms with Crippen molar-refractivity contribution in [3.05, 3.63) is 76.3 Å². The first-order valence-corrected chi connectivity index (χ1v) is 7.74. The topological polar surface area (TPSA) is 120 Å². The highest BCUT2D eigenvalue weighted by atomic mass is 16.6. The third kappa shape index (κ3) is 4.15. The number of ether oxygens (including phenoxy) is 1. The molecule has 0 saturated carbocycles. The zero-order chi connectivity index (χ0) is 19.2. The normalized spacial score (nSPS) is 10.7. The Bertz CT molecular complexity index is 998. The van der Waals surface area contributed by atoms with Crippen LogP contribution in [0.5, 0.6) is 5.75 Å². The van der Waals surface area contributed by atoms with Crippen LogP contribution in [0.25, 0.3) is 11.3 Å². The smallest absolute Gasteiger partial charge is 0.284 e. The fourth-order valence-corrected chi connectivity index (χ4v) is 2.29. The van der Waals surface area contributed by atoms with Crippen LogP contribution in [-0.2, 0) is 0 Å². The molecule has 9 heteroatoms. The van der Waals surface area contributed by atoms with Crippen LogP contribution in [0, 0.1) is 10.1 Å². The van der Waals surface area contributed by atoms with Gasteiger partial charge in [0.15, 0.2) is 0 Å². The molecule has 2 aromatic heterocycles. The zero-order valence-electron chi connectivity index (χ0n) is 14.2. The van der Waals surface area contributed by atoms with Crippen molar-refractivity contribution in [2.45, 2.75) is 0 Å². The molecule has 0 spiro atoms. The van der Waals surface area contributed by atoms with Gasteiger partial charge in [-0.15, -0.1) is 0 Å². The first-order chi connectivity index (χ1) is 13.1.